The molecule has 0 aliphatic heterocycles. The normalized spacial score (nSPS) is 14.3. The van der Waals surface area contributed by atoms with Crippen molar-refractivity contribution in [2.45, 2.75) is 58.2 Å². The van der Waals surface area contributed by atoms with Gasteiger partial charge < -0.3 is 25.1 Å². The molecule has 1 aromatic rings. The molecule has 1 heterocycles. The maximum absolute atomic E-state index is 11.6. The Hall–Kier alpha value is -1.60. The van der Waals surface area contributed by atoms with Gasteiger partial charge in [0.2, 0.25) is 0 Å². The van der Waals surface area contributed by atoms with Crippen molar-refractivity contribution in [2.24, 2.45) is 0 Å². The lowest BCUT2D eigenvalue weighted by molar-refractivity contribution is 0.0526. The van der Waals surface area contributed by atoms with Gasteiger partial charge in [0.15, 0.2) is 0 Å². The molecular weight excluding hydrogens is 296 g/mol. The van der Waals surface area contributed by atoms with Crippen molar-refractivity contribution in [1.29, 1.82) is 0 Å². The lowest BCUT2D eigenvalue weighted by atomic mass is 10.1. The number of carbonyl (C=O) groups excluding carboxylic acids is 1. The second-order valence-electron chi connectivity index (χ2n) is 6.59. The van der Waals surface area contributed by atoms with Crippen LogP contribution in [0.1, 0.15) is 52.4 Å². The summed E-state index contributed by atoms with van der Waals surface area (Å²) in [7, 11) is 1.69. The van der Waals surface area contributed by atoms with Crippen LogP contribution in [0.3, 0.4) is 0 Å². The Bertz CT molecular complexity index is 443. The monoisotopic (exact) mass is 326 g/mol. The minimum Gasteiger partial charge on any atom is -0.444 e. The van der Waals surface area contributed by atoms with E-state index >= 15 is 0 Å². The average molecular weight is 326 g/mol. The highest BCUT2D eigenvalue weighted by molar-refractivity contribution is 5.67. The molecule has 0 bridgehead atoms. The molecule has 2 atom stereocenters. The average Bonchev–Trinajstić information content (AvgIpc) is 2.95. The van der Waals surface area contributed by atoms with E-state index in [4.69, 9.17) is 9.47 Å². The third-order valence-corrected chi connectivity index (χ3v) is 3.18. The predicted octanol–water partition coefficient (Wildman–Crippen LogP) is 2.38. The Balaban J connectivity index is 2.29. The van der Waals surface area contributed by atoms with Gasteiger partial charge in [-0.3, -0.25) is 0 Å². The van der Waals surface area contributed by atoms with Gasteiger partial charge in [-0.15, -0.1) is 0 Å². The summed E-state index contributed by atoms with van der Waals surface area (Å²) in [6, 6.07) is 0.310. The molecule has 3 N–H and O–H groups in total. The standard InChI is InChI=1S/C16H30N4O3/c1-12(14-17-9-10-18-14)20-13(11-22-5)7-6-8-19-15(21)23-16(2,3)4/h9-10,12-13,20H,6-8,11H2,1-5H3,(H,17,18)(H,19,21). The van der Waals surface area contributed by atoms with E-state index in [0.29, 0.717) is 13.2 Å². The molecular formula is C16H30N4O3. The first-order valence-electron chi connectivity index (χ1n) is 8.03. The van der Waals surface area contributed by atoms with Crippen LogP contribution in [-0.4, -0.2) is 48.0 Å². The van der Waals surface area contributed by atoms with E-state index in [1.807, 2.05) is 27.0 Å². The van der Waals surface area contributed by atoms with Gasteiger partial charge >= 0.3 is 6.09 Å². The molecule has 0 aromatic carbocycles. The molecule has 1 rings (SSSR count). The van der Waals surface area contributed by atoms with E-state index in [1.165, 1.54) is 0 Å². The summed E-state index contributed by atoms with van der Waals surface area (Å²) in [5.74, 6) is 0.901. The molecule has 1 aromatic heterocycles. The number of H-pyrrole nitrogens is 1. The summed E-state index contributed by atoms with van der Waals surface area (Å²) in [6.07, 6.45) is 4.89. The third-order valence-electron chi connectivity index (χ3n) is 3.18. The molecule has 132 valence electrons. The predicted molar refractivity (Wildman–Crippen MR) is 89.3 cm³/mol. The van der Waals surface area contributed by atoms with Gasteiger partial charge in [-0.05, 0) is 40.5 Å². The van der Waals surface area contributed by atoms with Gasteiger partial charge in [0.1, 0.15) is 11.4 Å². The lowest BCUT2D eigenvalue weighted by Gasteiger charge is -2.22. The van der Waals surface area contributed by atoms with Gasteiger partial charge in [0, 0.05) is 32.1 Å². The fraction of sp³-hybridized carbons (Fsp3) is 0.750. The first-order valence-corrected chi connectivity index (χ1v) is 8.03. The van der Waals surface area contributed by atoms with Crippen molar-refractivity contribution in [1.82, 2.24) is 20.6 Å². The molecule has 0 radical (unpaired) electrons. The van der Waals surface area contributed by atoms with Gasteiger partial charge in [-0.25, -0.2) is 9.78 Å². The molecule has 0 fully saturated rings. The number of nitrogens with one attached hydrogen (secondary N) is 3. The molecule has 23 heavy (non-hydrogen) atoms. The van der Waals surface area contributed by atoms with Crippen molar-refractivity contribution in [2.75, 3.05) is 20.3 Å². The largest absolute Gasteiger partial charge is 0.444 e. The molecule has 0 saturated carbocycles. The van der Waals surface area contributed by atoms with Gasteiger partial charge in [-0.1, -0.05) is 0 Å². The molecule has 0 spiro atoms. The summed E-state index contributed by atoms with van der Waals surface area (Å²) in [4.78, 5) is 18.9. The zero-order chi connectivity index (χ0) is 17.3. The molecule has 0 aliphatic carbocycles. The topological polar surface area (TPSA) is 88.3 Å². The highest BCUT2D eigenvalue weighted by atomic mass is 16.6. The van der Waals surface area contributed by atoms with Crippen LogP contribution in [0.25, 0.3) is 0 Å². The second-order valence-corrected chi connectivity index (χ2v) is 6.59. The number of nitrogens with zero attached hydrogens (tertiary/aromatic N) is 1. The summed E-state index contributed by atoms with van der Waals surface area (Å²) >= 11 is 0. The summed E-state index contributed by atoms with van der Waals surface area (Å²) in [6.45, 7) is 8.79. The number of ether oxygens (including phenoxy) is 2. The molecule has 0 saturated heterocycles. The number of imidazole rings is 1. The molecule has 0 aliphatic rings. The number of alkyl carbamates (subject to hydrolysis) is 1. The molecule has 2 unspecified atom stereocenters. The minimum absolute atomic E-state index is 0.115. The van der Waals surface area contributed by atoms with Gasteiger partial charge in [0.05, 0.1) is 12.6 Å². The number of amides is 1. The third kappa shape index (κ3) is 8.56. The Morgan fingerprint density at radius 2 is 2.17 bits per heavy atom. The Labute approximate surface area is 138 Å². The van der Waals surface area contributed by atoms with Crippen LogP contribution in [-0.2, 0) is 9.47 Å². The number of hydrogen-bond acceptors (Lipinski definition) is 5. The molecule has 7 nitrogen and oxygen atoms in total. The zero-order valence-corrected chi connectivity index (χ0v) is 14.8. The summed E-state index contributed by atoms with van der Waals surface area (Å²) in [5.41, 5.74) is -0.470. The number of methoxy groups -OCH3 is 1. The number of hydrogen-bond donors (Lipinski definition) is 3. The first-order chi connectivity index (χ1) is 10.8. The fourth-order valence-electron chi connectivity index (χ4n) is 2.22. The van der Waals surface area contributed by atoms with Crippen LogP contribution in [0, 0.1) is 0 Å². The zero-order valence-electron chi connectivity index (χ0n) is 14.8. The fourth-order valence-corrected chi connectivity index (χ4v) is 2.22. The SMILES string of the molecule is COCC(CCCNC(=O)OC(C)(C)C)NC(C)c1ncc[nH]1. The number of carbonyl (C=O) groups is 1. The van der Waals surface area contributed by atoms with Crippen molar-refractivity contribution < 1.29 is 14.3 Å². The number of aromatic nitrogens is 2. The first kappa shape index (κ1) is 19.4. The van der Waals surface area contributed by atoms with Crippen molar-refractivity contribution >= 4 is 6.09 Å². The van der Waals surface area contributed by atoms with Crippen LogP contribution in [0.4, 0.5) is 4.79 Å². The lowest BCUT2D eigenvalue weighted by Crippen LogP contribution is -2.37. The smallest absolute Gasteiger partial charge is 0.407 e. The Morgan fingerprint density at radius 3 is 2.74 bits per heavy atom. The van der Waals surface area contributed by atoms with Gasteiger partial charge in [0.25, 0.3) is 0 Å². The molecule has 7 heteroatoms. The van der Waals surface area contributed by atoms with Crippen LogP contribution < -0.4 is 10.6 Å². The number of aromatic amines is 1. The summed E-state index contributed by atoms with van der Waals surface area (Å²) in [5, 5.41) is 6.25. The second kappa shape index (κ2) is 9.52. The van der Waals surface area contributed by atoms with E-state index in [0.717, 1.165) is 18.7 Å². The minimum atomic E-state index is -0.470. The van der Waals surface area contributed by atoms with E-state index < -0.39 is 5.60 Å². The van der Waals surface area contributed by atoms with E-state index in [9.17, 15) is 4.79 Å². The van der Waals surface area contributed by atoms with Crippen LogP contribution in [0.5, 0.6) is 0 Å². The highest BCUT2D eigenvalue weighted by Gasteiger charge is 2.17. The Kier molecular flexibility index (Phi) is 8.05. The van der Waals surface area contributed by atoms with Crippen molar-refractivity contribution in [3.63, 3.8) is 0 Å². The van der Waals surface area contributed by atoms with Crippen molar-refractivity contribution in [3.05, 3.63) is 18.2 Å². The number of rotatable bonds is 9. The van der Waals surface area contributed by atoms with E-state index in [2.05, 4.69) is 27.5 Å². The van der Waals surface area contributed by atoms with Crippen LogP contribution in [0.15, 0.2) is 12.4 Å². The van der Waals surface area contributed by atoms with Gasteiger partial charge in [-0.2, -0.15) is 0 Å². The van der Waals surface area contributed by atoms with E-state index in [-0.39, 0.29) is 18.2 Å². The quantitative estimate of drug-likeness (QED) is 0.606. The summed E-state index contributed by atoms with van der Waals surface area (Å²) < 4.78 is 10.5. The van der Waals surface area contributed by atoms with Crippen molar-refractivity contribution in [3.8, 4) is 0 Å². The Morgan fingerprint density at radius 1 is 1.43 bits per heavy atom. The maximum atomic E-state index is 11.6. The maximum Gasteiger partial charge on any atom is 0.407 e. The van der Waals surface area contributed by atoms with Crippen LogP contribution >= 0.6 is 0 Å². The highest BCUT2D eigenvalue weighted by Crippen LogP contribution is 2.10. The molecule has 1 amide bonds. The van der Waals surface area contributed by atoms with E-state index in [1.54, 1.807) is 13.3 Å². The van der Waals surface area contributed by atoms with Crippen LogP contribution in [0.2, 0.25) is 0 Å².